The molecule has 24 heavy (non-hydrogen) atoms. The molecule has 0 unspecified atom stereocenters. The molecule has 6 heteroatoms. The van der Waals surface area contributed by atoms with E-state index in [9.17, 15) is 18.0 Å². The minimum atomic E-state index is -1.14. The molecule has 0 bridgehead atoms. The summed E-state index contributed by atoms with van der Waals surface area (Å²) in [4.78, 5) is 15.6. The average molecular weight is 332 g/mol. The molecule has 0 aliphatic rings. The minimum absolute atomic E-state index is 0.431. The summed E-state index contributed by atoms with van der Waals surface area (Å²) in [6.07, 6.45) is 1.60. The van der Waals surface area contributed by atoms with Crippen LogP contribution in [0.1, 0.15) is 19.4 Å². The Morgan fingerprint density at radius 1 is 1.08 bits per heavy atom. The number of carbonyl (C=O) groups is 1. The van der Waals surface area contributed by atoms with Crippen LogP contribution >= 0.6 is 0 Å². The van der Waals surface area contributed by atoms with Crippen molar-refractivity contribution in [3.05, 3.63) is 65.6 Å². The zero-order valence-electron chi connectivity index (χ0n) is 13.1. The molecule has 0 aliphatic carbocycles. The minimum Gasteiger partial charge on any atom is -0.361 e. The van der Waals surface area contributed by atoms with Crippen molar-refractivity contribution in [3.8, 4) is 0 Å². The molecule has 0 spiro atoms. The molecule has 0 radical (unpaired) electrons. The molecule has 3 rings (SSSR count). The number of halogens is 3. The lowest BCUT2D eigenvalue weighted by atomic mass is 9.83. The summed E-state index contributed by atoms with van der Waals surface area (Å²) < 4.78 is 41.0. The summed E-state index contributed by atoms with van der Waals surface area (Å²) in [5, 5.41) is 2.84. The number of para-hydroxylation sites is 1. The van der Waals surface area contributed by atoms with Crippen LogP contribution in [-0.4, -0.2) is 10.9 Å². The Morgan fingerprint density at radius 3 is 2.42 bits per heavy atom. The molecule has 2 N–H and O–H groups in total. The van der Waals surface area contributed by atoms with Gasteiger partial charge in [-0.3, -0.25) is 4.79 Å². The zero-order chi connectivity index (χ0) is 17.5. The predicted octanol–water partition coefficient (Wildman–Crippen LogP) is 4.50. The first-order valence-corrected chi connectivity index (χ1v) is 7.33. The predicted molar refractivity (Wildman–Crippen MR) is 86.3 cm³/mol. The van der Waals surface area contributed by atoms with E-state index >= 15 is 0 Å². The summed E-state index contributed by atoms with van der Waals surface area (Å²) in [6, 6.07) is 7.54. The SMILES string of the molecule is CC(C)(C(=O)Nc1c(F)cccc1F)c1c[nH]c2ccc(F)cc12. The molecule has 0 saturated carbocycles. The molecule has 0 atom stereocenters. The molecule has 0 saturated heterocycles. The van der Waals surface area contributed by atoms with Crippen LogP contribution in [0.25, 0.3) is 10.9 Å². The average Bonchev–Trinajstić information content (AvgIpc) is 2.94. The Labute approximate surface area is 136 Å². The molecular weight excluding hydrogens is 317 g/mol. The van der Waals surface area contributed by atoms with Gasteiger partial charge in [-0.15, -0.1) is 0 Å². The van der Waals surface area contributed by atoms with Gasteiger partial charge in [-0.1, -0.05) is 6.07 Å². The van der Waals surface area contributed by atoms with Gasteiger partial charge in [0.25, 0.3) is 0 Å². The Kier molecular flexibility index (Phi) is 3.83. The van der Waals surface area contributed by atoms with Crippen molar-refractivity contribution in [1.29, 1.82) is 0 Å². The van der Waals surface area contributed by atoms with E-state index in [2.05, 4.69) is 10.3 Å². The summed E-state index contributed by atoms with van der Waals surface area (Å²) in [5.74, 6) is -2.75. The molecule has 3 aromatic rings. The molecular formula is C18H15F3N2O. The highest BCUT2D eigenvalue weighted by molar-refractivity contribution is 6.02. The number of hydrogen-bond acceptors (Lipinski definition) is 1. The van der Waals surface area contributed by atoms with Crippen molar-refractivity contribution in [2.75, 3.05) is 5.32 Å². The van der Waals surface area contributed by atoms with E-state index in [0.717, 1.165) is 12.1 Å². The van der Waals surface area contributed by atoms with Crippen LogP contribution in [-0.2, 0) is 10.2 Å². The fourth-order valence-electron chi connectivity index (χ4n) is 2.62. The molecule has 1 amide bonds. The first-order valence-electron chi connectivity index (χ1n) is 7.33. The van der Waals surface area contributed by atoms with Gasteiger partial charge in [0, 0.05) is 17.1 Å². The van der Waals surface area contributed by atoms with Gasteiger partial charge in [-0.25, -0.2) is 13.2 Å². The van der Waals surface area contributed by atoms with Gasteiger partial charge in [-0.05, 0) is 49.7 Å². The van der Waals surface area contributed by atoms with Crippen LogP contribution in [0.2, 0.25) is 0 Å². The van der Waals surface area contributed by atoms with E-state index < -0.39 is 34.5 Å². The highest BCUT2D eigenvalue weighted by Crippen LogP contribution is 2.32. The number of carbonyl (C=O) groups excluding carboxylic acids is 1. The summed E-state index contributed by atoms with van der Waals surface area (Å²) >= 11 is 0. The van der Waals surface area contributed by atoms with Gasteiger partial charge in [0.1, 0.15) is 23.1 Å². The second-order valence-electron chi connectivity index (χ2n) is 6.07. The molecule has 0 aliphatic heterocycles. The fourth-order valence-corrected chi connectivity index (χ4v) is 2.62. The highest BCUT2D eigenvalue weighted by atomic mass is 19.1. The van der Waals surface area contributed by atoms with E-state index in [1.165, 1.54) is 18.2 Å². The lowest BCUT2D eigenvalue weighted by Gasteiger charge is -2.23. The molecule has 0 fully saturated rings. The van der Waals surface area contributed by atoms with Crippen LogP contribution in [0.5, 0.6) is 0 Å². The molecule has 1 aromatic heterocycles. The van der Waals surface area contributed by atoms with E-state index in [1.54, 1.807) is 26.1 Å². The Balaban J connectivity index is 2.00. The van der Waals surface area contributed by atoms with Crippen molar-refractivity contribution < 1.29 is 18.0 Å². The standard InChI is InChI=1S/C18H15F3N2O/c1-18(2,12-9-22-15-7-6-10(19)8-11(12)15)17(24)23-16-13(20)4-3-5-14(16)21/h3-9,22H,1-2H3,(H,23,24). The largest absolute Gasteiger partial charge is 0.361 e. The van der Waals surface area contributed by atoms with Crippen molar-refractivity contribution in [2.24, 2.45) is 0 Å². The van der Waals surface area contributed by atoms with Crippen molar-refractivity contribution in [3.63, 3.8) is 0 Å². The number of anilines is 1. The normalized spacial score (nSPS) is 11.7. The topological polar surface area (TPSA) is 44.9 Å². The van der Waals surface area contributed by atoms with Crippen molar-refractivity contribution >= 4 is 22.5 Å². The Hall–Kier alpha value is -2.76. The van der Waals surface area contributed by atoms with Crippen LogP contribution in [0, 0.1) is 17.5 Å². The number of rotatable bonds is 3. The van der Waals surface area contributed by atoms with Crippen molar-refractivity contribution in [2.45, 2.75) is 19.3 Å². The molecule has 2 aromatic carbocycles. The molecule has 1 heterocycles. The van der Waals surface area contributed by atoms with E-state index in [0.29, 0.717) is 16.5 Å². The zero-order valence-corrected chi connectivity index (χ0v) is 13.1. The third-order valence-electron chi connectivity index (χ3n) is 4.09. The molecule has 3 nitrogen and oxygen atoms in total. The summed E-state index contributed by atoms with van der Waals surface area (Å²) in [6.45, 7) is 3.21. The summed E-state index contributed by atoms with van der Waals surface area (Å²) in [7, 11) is 0. The molecule has 124 valence electrons. The number of nitrogens with one attached hydrogen (secondary N) is 2. The number of aromatic amines is 1. The van der Waals surface area contributed by atoms with E-state index in [-0.39, 0.29) is 0 Å². The fraction of sp³-hybridized carbons (Fsp3) is 0.167. The number of amides is 1. The quantitative estimate of drug-likeness (QED) is 0.729. The lowest BCUT2D eigenvalue weighted by molar-refractivity contribution is -0.120. The van der Waals surface area contributed by atoms with Crippen LogP contribution in [0.15, 0.2) is 42.6 Å². The van der Waals surface area contributed by atoms with Crippen LogP contribution in [0.3, 0.4) is 0 Å². The third-order valence-corrected chi connectivity index (χ3v) is 4.09. The first kappa shape index (κ1) is 16.1. The van der Waals surface area contributed by atoms with Gasteiger partial charge >= 0.3 is 0 Å². The van der Waals surface area contributed by atoms with E-state index in [4.69, 9.17) is 0 Å². The van der Waals surface area contributed by atoms with Crippen LogP contribution < -0.4 is 5.32 Å². The lowest BCUT2D eigenvalue weighted by Crippen LogP contribution is -2.35. The first-order chi connectivity index (χ1) is 11.3. The highest BCUT2D eigenvalue weighted by Gasteiger charge is 2.33. The maximum Gasteiger partial charge on any atom is 0.234 e. The number of benzene rings is 2. The maximum atomic E-state index is 13.7. The third kappa shape index (κ3) is 2.64. The maximum absolute atomic E-state index is 13.7. The smallest absolute Gasteiger partial charge is 0.234 e. The second-order valence-corrected chi connectivity index (χ2v) is 6.07. The number of fused-ring (bicyclic) bond motifs is 1. The Morgan fingerprint density at radius 2 is 1.75 bits per heavy atom. The monoisotopic (exact) mass is 332 g/mol. The van der Waals surface area contributed by atoms with Gasteiger partial charge in [0.2, 0.25) is 5.91 Å². The van der Waals surface area contributed by atoms with E-state index in [1.807, 2.05) is 0 Å². The van der Waals surface area contributed by atoms with Crippen molar-refractivity contribution in [1.82, 2.24) is 4.98 Å². The second kappa shape index (κ2) is 5.70. The van der Waals surface area contributed by atoms with Gasteiger partial charge in [-0.2, -0.15) is 0 Å². The van der Waals surface area contributed by atoms with Gasteiger partial charge < -0.3 is 10.3 Å². The Bertz CT molecular complexity index is 911. The van der Waals surface area contributed by atoms with Gasteiger partial charge in [0.15, 0.2) is 0 Å². The number of H-pyrrole nitrogens is 1. The summed E-state index contributed by atoms with van der Waals surface area (Å²) in [5.41, 5.74) is -0.432. The number of aromatic nitrogens is 1. The van der Waals surface area contributed by atoms with Crippen LogP contribution in [0.4, 0.5) is 18.9 Å². The number of hydrogen-bond donors (Lipinski definition) is 2. The van der Waals surface area contributed by atoms with Gasteiger partial charge in [0.05, 0.1) is 5.41 Å².